The van der Waals surface area contributed by atoms with Gasteiger partial charge >= 0.3 is 0 Å². The van der Waals surface area contributed by atoms with Crippen molar-refractivity contribution in [2.24, 2.45) is 0 Å². The van der Waals surface area contributed by atoms with Crippen LogP contribution in [-0.4, -0.2) is 39.0 Å². The minimum absolute atomic E-state index is 0.0903. The molecule has 1 heterocycles. The maximum Gasteiger partial charge on any atom is 0.0862 e. The minimum Gasteiger partial charge on any atom is -0.396 e. The normalized spacial score (nSPS) is 23.5. The van der Waals surface area contributed by atoms with Crippen LogP contribution in [0.15, 0.2) is 0 Å². The van der Waals surface area contributed by atoms with Crippen LogP contribution in [0.3, 0.4) is 0 Å². The van der Waals surface area contributed by atoms with Gasteiger partial charge in [0, 0.05) is 6.61 Å². The van der Waals surface area contributed by atoms with Crippen LogP contribution >= 0.6 is 23.5 Å². The van der Waals surface area contributed by atoms with Crippen LogP contribution in [0.25, 0.3) is 0 Å². The molecule has 66 valence electrons. The van der Waals surface area contributed by atoms with Crippen molar-refractivity contribution in [3.8, 4) is 0 Å². The molecule has 1 aliphatic rings. The van der Waals surface area contributed by atoms with E-state index >= 15 is 0 Å². The number of rotatable bonds is 3. The van der Waals surface area contributed by atoms with Crippen LogP contribution in [0.1, 0.15) is 12.8 Å². The molecule has 2 N–H and O–H groups in total. The van der Waals surface area contributed by atoms with Gasteiger partial charge in [0.05, 0.1) is 10.7 Å². The van der Waals surface area contributed by atoms with Crippen LogP contribution in [-0.2, 0) is 0 Å². The molecule has 2 nitrogen and oxygen atoms in total. The summed E-state index contributed by atoms with van der Waals surface area (Å²) in [5, 5.41) is 17.9. The topological polar surface area (TPSA) is 40.5 Å². The number of thioether (sulfide) groups is 2. The van der Waals surface area contributed by atoms with Crippen LogP contribution in [0, 0.1) is 0 Å². The molecule has 1 rings (SSSR count). The third kappa shape index (κ3) is 2.54. The molecule has 0 aromatic carbocycles. The van der Waals surface area contributed by atoms with E-state index < -0.39 is 0 Å². The van der Waals surface area contributed by atoms with E-state index in [1.54, 1.807) is 23.5 Å². The molecule has 0 atom stereocenters. The van der Waals surface area contributed by atoms with Crippen LogP contribution in [0.2, 0.25) is 0 Å². The molecule has 0 unspecified atom stereocenters. The van der Waals surface area contributed by atoms with Gasteiger partial charge in [-0.1, -0.05) is 0 Å². The lowest BCUT2D eigenvalue weighted by molar-refractivity contribution is 0.237. The van der Waals surface area contributed by atoms with Crippen molar-refractivity contribution in [2.45, 2.75) is 16.9 Å². The fourth-order valence-electron chi connectivity index (χ4n) is 1.10. The molecule has 4 heteroatoms. The van der Waals surface area contributed by atoms with E-state index in [2.05, 4.69) is 0 Å². The highest BCUT2D eigenvalue weighted by molar-refractivity contribution is 8.18. The Morgan fingerprint density at radius 2 is 1.82 bits per heavy atom. The molecule has 0 saturated carbocycles. The van der Waals surface area contributed by atoms with E-state index in [0.717, 1.165) is 11.5 Å². The van der Waals surface area contributed by atoms with Crippen LogP contribution in [0.5, 0.6) is 0 Å². The van der Waals surface area contributed by atoms with Gasteiger partial charge in [-0.25, -0.2) is 0 Å². The van der Waals surface area contributed by atoms with E-state index in [1.165, 1.54) is 6.42 Å². The molecule has 1 aliphatic heterocycles. The largest absolute Gasteiger partial charge is 0.396 e. The Labute approximate surface area is 75.8 Å². The lowest BCUT2D eigenvalue weighted by atomic mass is 10.3. The minimum atomic E-state index is -0.0903. The first-order valence-electron chi connectivity index (χ1n) is 3.83. The second kappa shape index (κ2) is 4.60. The van der Waals surface area contributed by atoms with E-state index in [0.29, 0.717) is 6.42 Å². The van der Waals surface area contributed by atoms with Gasteiger partial charge in [-0.05, 0) is 24.3 Å². The predicted molar refractivity (Wildman–Crippen MR) is 51.1 cm³/mol. The molecule has 0 aromatic heterocycles. The van der Waals surface area contributed by atoms with E-state index in [-0.39, 0.29) is 17.3 Å². The second-order valence-corrected chi connectivity index (χ2v) is 5.81. The molecular formula is C7H14O2S2. The highest BCUT2D eigenvalue weighted by atomic mass is 32.2. The molecule has 0 aliphatic carbocycles. The standard InChI is InChI=1S/C7H14O2S2/c8-3-2-7(6-9)10-4-1-5-11-7/h8-9H,1-6H2. The fourth-order valence-corrected chi connectivity index (χ4v) is 4.09. The van der Waals surface area contributed by atoms with Gasteiger partial charge in [-0.3, -0.25) is 0 Å². The lowest BCUT2D eigenvalue weighted by Gasteiger charge is -2.33. The second-order valence-electron chi connectivity index (χ2n) is 2.59. The molecule has 0 spiro atoms. The first kappa shape index (κ1) is 9.71. The summed E-state index contributed by atoms with van der Waals surface area (Å²) in [4.78, 5) is 0. The first-order chi connectivity index (χ1) is 5.33. The van der Waals surface area contributed by atoms with Crippen molar-refractivity contribution in [2.75, 3.05) is 24.7 Å². The third-order valence-corrected chi connectivity index (χ3v) is 5.16. The number of aliphatic hydroxyl groups is 2. The monoisotopic (exact) mass is 194 g/mol. The number of hydrogen-bond acceptors (Lipinski definition) is 4. The quantitative estimate of drug-likeness (QED) is 0.701. The van der Waals surface area contributed by atoms with Gasteiger partial charge in [0.1, 0.15) is 0 Å². The predicted octanol–water partition coefficient (Wildman–Crippen LogP) is 0.927. The highest BCUT2D eigenvalue weighted by Crippen LogP contribution is 2.43. The molecular weight excluding hydrogens is 180 g/mol. The zero-order valence-electron chi connectivity index (χ0n) is 6.45. The summed E-state index contributed by atoms with van der Waals surface area (Å²) in [7, 11) is 0. The van der Waals surface area contributed by atoms with Crippen molar-refractivity contribution >= 4 is 23.5 Å². The Morgan fingerprint density at radius 3 is 2.27 bits per heavy atom. The zero-order chi connectivity index (χ0) is 8.16. The van der Waals surface area contributed by atoms with Gasteiger partial charge in [-0.15, -0.1) is 23.5 Å². The highest BCUT2D eigenvalue weighted by Gasteiger charge is 2.32. The van der Waals surface area contributed by atoms with Crippen molar-refractivity contribution in [1.82, 2.24) is 0 Å². The van der Waals surface area contributed by atoms with E-state index in [1.807, 2.05) is 0 Å². The molecule has 0 radical (unpaired) electrons. The van der Waals surface area contributed by atoms with Gasteiger partial charge < -0.3 is 10.2 Å². The Morgan fingerprint density at radius 1 is 1.18 bits per heavy atom. The zero-order valence-corrected chi connectivity index (χ0v) is 8.09. The van der Waals surface area contributed by atoms with Crippen molar-refractivity contribution in [3.05, 3.63) is 0 Å². The SMILES string of the molecule is OCCC1(CO)SCCCS1. The van der Waals surface area contributed by atoms with Gasteiger partial charge in [-0.2, -0.15) is 0 Å². The summed E-state index contributed by atoms with van der Waals surface area (Å²) < 4.78 is -0.0903. The smallest absolute Gasteiger partial charge is 0.0862 e. The Hall–Kier alpha value is 0.620. The summed E-state index contributed by atoms with van der Waals surface area (Å²) in [6.07, 6.45) is 1.93. The summed E-state index contributed by atoms with van der Waals surface area (Å²) in [6, 6.07) is 0. The van der Waals surface area contributed by atoms with Gasteiger partial charge in [0.15, 0.2) is 0 Å². The summed E-state index contributed by atoms with van der Waals surface area (Å²) in [5.74, 6) is 2.24. The van der Waals surface area contributed by atoms with Crippen LogP contribution in [0.4, 0.5) is 0 Å². The van der Waals surface area contributed by atoms with Crippen molar-refractivity contribution in [3.63, 3.8) is 0 Å². The fraction of sp³-hybridized carbons (Fsp3) is 1.00. The maximum absolute atomic E-state index is 9.12. The Kier molecular flexibility index (Phi) is 4.06. The van der Waals surface area contributed by atoms with E-state index in [9.17, 15) is 0 Å². The summed E-state index contributed by atoms with van der Waals surface area (Å²) in [6.45, 7) is 0.365. The van der Waals surface area contributed by atoms with Gasteiger partial charge in [0.2, 0.25) is 0 Å². The third-order valence-electron chi connectivity index (χ3n) is 1.75. The van der Waals surface area contributed by atoms with Crippen LogP contribution < -0.4 is 0 Å². The molecule has 1 saturated heterocycles. The van der Waals surface area contributed by atoms with Crippen molar-refractivity contribution in [1.29, 1.82) is 0 Å². The first-order valence-corrected chi connectivity index (χ1v) is 5.80. The maximum atomic E-state index is 9.12. The van der Waals surface area contributed by atoms with E-state index in [4.69, 9.17) is 10.2 Å². The molecule has 0 aromatic rings. The average Bonchev–Trinajstić information content (AvgIpc) is 2.07. The van der Waals surface area contributed by atoms with Gasteiger partial charge in [0.25, 0.3) is 0 Å². The Bertz CT molecular complexity index is 107. The molecule has 1 fully saturated rings. The lowest BCUT2D eigenvalue weighted by Crippen LogP contribution is -2.30. The average molecular weight is 194 g/mol. The number of hydrogen-bond donors (Lipinski definition) is 2. The summed E-state index contributed by atoms with van der Waals surface area (Å²) in [5.41, 5.74) is 0. The molecule has 0 amide bonds. The molecule has 11 heavy (non-hydrogen) atoms. The Balaban J connectivity index is 2.42. The summed E-state index contributed by atoms with van der Waals surface area (Å²) >= 11 is 3.58. The number of aliphatic hydroxyl groups excluding tert-OH is 2. The molecule has 0 bridgehead atoms. The van der Waals surface area contributed by atoms with Crippen molar-refractivity contribution < 1.29 is 10.2 Å².